The first-order valence-corrected chi connectivity index (χ1v) is 7.03. The zero-order chi connectivity index (χ0) is 12.8. The minimum atomic E-state index is 0.367. The topological polar surface area (TPSA) is 34.2 Å². The van der Waals surface area contributed by atoms with Crippen molar-refractivity contribution in [3.05, 3.63) is 23.9 Å². The van der Waals surface area contributed by atoms with Crippen LogP contribution in [0.4, 0.5) is 0 Å². The molecule has 1 atom stereocenters. The van der Waals surface area contributed by atoms with Gasteiger partial charge in [0.2, 0.25) is 5.88 Å². The van der Waals surface area contributed by atoms with Crippen molar-refractivity contribution in [2.45, 2.75) is 44.6 Å². The van der Waals surface area contributed by atoms with Crippen LogP contribution in [0.15, 0.2) is 18.3 Å². The number of methoxy groups -OCH3 is 1. The van der Waals surface area contributed by atoms with Crippen LogP contribution in [0.1, 0.15) is 50.1 Å². The Balaban J connectivity index is 2.20. The number of nitrogens with one attached hydrogen (secondary N) is 1. The molecular formula is C15H24N2O. The average Bonchev–Trinajstić information content (AvgIpc) is 2.69. The van der Waals surface area contributed by atoms with Crippen LogP contribution < -0.4 is 10.1 Å². The molecule has 1 heterocycles. The first kappa shape index (κ1) is 13.3. The van der Waals surface area contributed by atoms with Gasteiger partial charge in [0.25, 0.3) is 0 Å². The van der Waals surface area contributed by atoms with Gasteiger partial charge in [0.15, 0.2) is 0 Å². The molecule has 1 N–H and O–H groups in total. The van der Waals surface area contributed by atoms with E-state index in [1.165, 1.54) is 44.1 Å². The molecule has 0 saturated heterocycles. The first-order chi connectivity index (χ1) is 8.86. The summed E-state index contributed by atoms with van der Waals surface area (Å²) in [4.78, 5) is 4.32. The number of aromatic nitrogens is 1. The number of ether oxygens (including phenoxy) is 1. The van der Waals surface area contributed by atoms with Crippen molar-refractivity contribution in [1.29, 1.82) is 0 Å². The number of nitrogens with zero attached hydrogens (tertiary/aromatic N) is 1. The zero-order valence-electron chi connectivity index (χ0n) is 11.5. The lowest BCUT2D eigenvalue weighted by Gasteiger charge is -2.27. The maximum Gasteiger partial charge on any atom is 0.217 e. The third-order valence-electron chi connectivity index (χ3n) is 4.01. The molecule has 100 valence electrons. The fourth-order valence-corrected chi connectivity index (χ4v) is 3.10. The van der Waals surface area contributed by atoms with Crippen molar-refractivity contribution < 1.29 is 4.74 Å². The second-order valence-electron chi connectivity index (χ2n) is 5.12. The van der Waals surface area contributed by atoms with Crippen molar-refractivity contribution in [2.24, 2.45) is 5.92 Å². The maximum atomic E-state index is 5.40. The van der Waals surface area contributed by atoms with Gasteiger partial charge in [-0.15, -0.1) is 0 Å². The molecule has 3 heteroatoms. The average molecular weight is 248 g/mol. The molecule has 0 aromatic carbocycles. The van der Waals surface area contributed by atoms with Gasteiger partial charge in [0.1, 0.15) is 0 Å². The Labute approximate surface area is 110 Å². The molecule has 1 fully saturated rings. The highest BCUT2D eigenvalue weighted by atomic mass is 16.5. The largest absolute Gasteiger partial charge is 0.481 e. The van der Waals surface area contributed by atoms with Crippen LogP contribution in [0, 0.1) is 5.92 Å². The number of hydrogen-bond donors (Lipinski definition) is 1. The Morgan fingerprint density at radius 2 is 2.00 bits per heavy atom. The van der Waals surface area contributed by atoms with E-state index in [1.807, 2.05) is 13.1 Å². The van der Waals surface area contributed by atoms with Gasteiger partial charge in [0.05, 0.1) is 7.11 Å². The summed E-state index contributed by atoms with van der Waals surface area (Å²) in [6.07, 6.45) is 9.89. The Kier molecular flexibility index (Phi) is 5.00. The van der Waals surface area contributed by atoms with Crippen LogP contribution >= 0.6 is 0 Å². The van der Waals surface area contributed by atoms with Crippen molar-refractivity contribution >= 4 is 0 Å². The SMILES string of the molecule is CNC(c1cccnc1OC)C1CCCCCC1. The minimum Gasteiger partial charge on any atom is -0.481 e. The predicted molar refractivity (Wildman–Crippen MR) is 73.8 cm³/mol. The van der Waals surface area contributed by atoms with Gasteiger partial charge in [-0.2, -0.15) is 0 Å². The lowest BCUT2D eigenvalue weighted by atomic mass is 9.87. The summed E-state index contributed by atoms with van der Waals surface area (Å²) in [6.45, 7) is 0. The van der Waals surface area contributed by atoms with Crippen LogP contribution in [-0.4, -0.2) is 19.1 Å². The van der Waals surface area contributed by atoms with E-state index >= 15 is 0 Å². The first-order valence-electron chi connectivity index (χ1n) is 7.03. The third kappa shape index (κ3) is 3.02. The second kappa shape index (κ2) is 6.74. The van der Waals surface area contributed by atoms with Crippen molar-refractivity contribution in [2.75, 3.05) is 14.2 Å². The van der Waals surface area contributed by atoms with Gasteiger partial charge in [0, 0.05) is 17.8 Å². The van der Waals surface area contributed by atoms with E-state index in [-0.39, 0.29) is 0 Å². The van der Waals surface area contributed by atoms with Crippen LogP contribution in [-0.2, 0) is 0 Å². The third-order valence-corrected chi connectivity index (χ3v) is 4.01. The van der Waals surface area contributed by atoms with E-state index in [0.29, 0.717) is 12.0 Å². The molecule has 0 aliphatic heterocycles. The quantitative estimate of drug-likeness (QED) is 0.830. The van der Waals surface area contributed by atoms with Gasteiger partial charge >= 0.3 is 0 Å². The summed E-state index contributed by atoms with van der Waals surface area (Å²) in [5, 5.41) is 3.47. The van der Waals surface area contributed by atoms with E-state index in [0.717, 1.165) is 5.88 Å². The number of hydrogen-bond acceptors (Lipinski definition) is 3. The van der Waals surface area contributed by atoms with Crippen LogP contribution in [0.2, 0.25) is 0 Å². The summed E-state index contributed by atoms with van der Waals surface area (Å²) < 4.78 is 5.40. The lowest BCUT2D eigenvalue weighted by Crippen LogP contribution is -2.25. The van der Waals surface area contributed by atoms with Crippen molar-refractivity contribution in [3.8, 4) is 5.88 Å². The second-order valence-corrected chi connectivity index (χ2v) is 5.12. The highest BCUT2D eigenvalue weighted by Gasteiger charge is 2.25. The molecule has 1 aliphatic carbocycles. The summed E-state index contributed by atoms with van der Waals surface area (Å²) in [5.41, 5.74) is 1.20. The van der Waals surface area contributed by atoms with E-state index in [1.54, 1.807) is 13.3 Å². The monoisotopic (exact) mass is 248 g/mol. The van der Waals surface area contributed by atoms with Gasteiger partial charge in [-0.25, -0.2) is 4.98 Å². The van der Waals surface area contributed by atoms with Gasteiger partial charge in [-0.05, 0) is 31.9 Å². The molecule has 1 saturated carbocycles. The normalized spacial score (nSPS) is 19.2. The smallest absolute Gasteiger partial charge is 0.217 e. The molecule has 1 aliphatic rings. The van der Waals surface area contributed by atoms with Crippen LogP contribution in [0.5, 0.6) is 5.88 Å². The molecule has 1 unspecified atom stereocenters. The van der Waals surface area contributed by atoms with Crippen LogP contribution in [0.3, 0.4) is 0 Å². The van der Waals surface area contributed by atoms with Gasteiger partial charge in [-0.1, -0.05) is 31.7 Å². The van der Waals surface area contributed by atoms with E-state index in [4.69, 9.17) is 4.74 Å². The Bertz CT molecular complexity index is 359. The predicted octanol–water partition coefficient (Wildman–Crippen LogP) is 3.32. The molecule has 18 heavy (non-hydrogen) atoms. The molecule has 0 bridgehead atoms. The van der Waals surface area contributed by atoms with E-state index in [9.17, 15) is 0 Å². The Hall–Kier alpha value is -1.09. The molecule has 0 amide bonds. The summed E-state index contributed by atoms with van der Waals surface area (Å²) in [6, 6.07) is 4.50. The fraction of sp³-hybridized carbons (Fsp3) is 0.667. The maximum absolute atomic E-state index is 5.40. The lowest BCUT2D eigenvalue weighted by molar-refractivity contribution is 0.321. The summed E-state index contributed by atoms with van der Waals surface area (Å²) >= 11 is 0. The van der Waals surface area contributed by atoms with Gasteiger partial charge < -0.3 is 10.1 Å². The van der Waals surface area contributed by atoms with E-state index in [2.05, 4.69) is 16.4 Å². The number of rotatable bonds is 4. The molecule has 3 nitrogen and oxygen atoms in total. The highest BCUT2D eigenvalue weighted by molar-refractivity contribution is 5.29. The van der Waals surface area contributed by atoms with Crippen LogP contribution in [0.25, 0.3) is 0 Å². The molecule has 0 radical (unpaired) electrons. The number of pyridine rings is 1. The van der Waals surface area contributed by atoms with Crippen molar-refractivity contribution in [1.82, 2.24) is 10.3 Å². The zero-order valence-corrected chi connectivity index (χ0v) is 11.5. The standard InChI is InChI=1S/C15H24N2O/c1-16-14(12-8-5-3-4-6-9-12)13-10-7-11-17-15(13)18-2/h7,10-12,14,16H,3-6,8-9H2,1-2H3. The van der Waals surface area contributed by atoms with Gasteiger partial charge in [-0.3, -0.25) is 0 Å². The summed E-state index contributed by atoms with van der Waals surface area (Å²) in [7, 11) is 3.74. The molecular weight excluding hydrogens is 224 g/mol. The Morgan fingerprint density at radius 1 is 1.28 bits per heavy atom. The minimum absolute atomic E-state index is 0.367. The summed E-state index contributed by atoms with van der Waals surface area (Å²) in [5.74, 6) is 1.47. The Morgan fingerprint density at radius 3 is 2.61 bits per heavy atom. The molecule has 2 rings (SSSR count). The fourth-order valence-electron chi connectivity index (χ4n) is 3.10. The van der Waals surface area contributed by atoms with Crippen molar-refractivity contribution in [3.63, 3.8) is 0 Å². The van der Waals surface area contributed by atoms with E-state index < -0.39 is 0 Å². The molecule has 0 spiro atoms. The highest BCUT2D eigenvalue weighted by Crippen LogP contribution is 2.36. The molecule has 1 aromatic heterocycles. The molecule has 1 aromatic rings.